The topological polar surface area (TPSA) is 66.5 Å². The highest BCUT2D eigenvalue weighted by molar-refractivity contribution is 7.93. The zero-order chi connectivity index (χ0) is 19.4. The fraction of sp³-hybridized carbons (Fsp3) is 0.450. The molecule has 5 nitrogen and oxygen atoms in total. The van der Waals surface area contributed by atoms with Gasteiger partial charge in [0, 0.05) is 13.1 Å². The van der Waals surface area contributed by atoms with Gasteiger partial charge in [-0.05, 0) is 43.3 Å². The van der Waals surface area contributed by atoms with Gasteiger partial charge in [-0.15, -0.1) is 11.3 Å². The maximum Gasteiger partial charge on any atom is 0.265 e. The van der Waals surface area contributed by atoms with Crippen LogP contribution in [0.1, 0.15) is 53.8 Å². The van der Waals surface area contributed by atoms with Crippen molar-refractivity contribution in [3.8, 4) is 0 Å². The number of hydrogen-bond acceptors (Lipinski definition) is 4. The molecule has 1 aromatic carbocycles. The van der Waals surface area contributed by atoms with Crippen LogP contribution in [0.2, 0.25) is 0 Å². The summed E-state index contributed by atoms with van der Waals surface area (Å²) in [5, 5.41) is 4.71. The Morgan fingerprint density at radius 1 is 1.07 bits per heavy atom. The quantitative estimate of drug-likeness (QED) is 0.752. The second-order valence-electron chi connectivity index (χ2n) is 7.08. The summed E-state index contributed by atoms with van der Waals surface area (Å²) in [5.41, 5.74) is 1.63. The molecule has 2 aromatic rings. The van der Waals surface area contributed by atoms with E-state index >= 15 is 0 Å². The molecule has 0 bridgehead atoms. The number of nitrogens with one attached hydrogen (secondary N) is 1. The molecule has 1 aliphatic carbocycles. The summed E-state index contributed by atoms with van der Waals surface area (Å²) in [5.74, 6) is -0.284. The molecule has 27 heavy (non-hydrogen) atoms. The van der Waals surface area contributed by atoms with Gasteiger partial charge in [-0.1, -0.05) is 43.4 Å². The second-order valence-corrected chi connectivity index (χ2v) is 9.94. The van der Waals surface area contributed by atoms with Crippen LogP contribution in [0, 0.1) is 6.92 Å². The van der Waals surface area contributed by atoms with Crippen LogP contribution in [0.4, 0.5) is 5.69 Å². The molecule has 0 aliphatic heterocycles. The molecule has 3 rings (SSSR count). The van der Waals surface area contributed by atoms with E-state index in [1.54, 1.807) is 17.5 Å². The molecule has 1 amide bonds. The molecule has 1 aliphatic rings. The zero-order valence-electron chi connectivity index (χ0n) is 15.8. The molecule has 146 valence electrons. The van der Waals surface area contributed by atoms with Crippen LogP contribution in [0.15, 0.2) is 40.6 Å². The highest BCUT2D eigenvalue weighted by atomic mass is 32.2. The average molecular weight is 407 g/mol. The van der Waals surface area contributed by atoms with Crippen molar-refractivity contribution in [2.45, 2.75) is 56.4 Å². The number of benzene rings is 1. The Morgan fingerprint density at radius 3 is 2.33 bits per heavy atom. The van der Waals surface area contributed by atoms with Gasteiger partial charge in [-0.25, -0.2) is 8.42 Å². The summed E-state index contributed by atoms with van der Waals surface area (Å²) in [7, 11) is -2.28. The van der Waals surface area contributed by atoms with Crippen molar-refractivity contribution in [1.29, 1.82) is 0 Å². The number of amides is 1. The number of thiophene rings is 1. The maximum atomic E-state index is 13.1. The minimum absolute atomic E-state index is 0.0710. The van der Waals surface area contributed by atoms with Crippen molar-refractivity contribution in [3.63, 3.8) is 0 Å². The summed E-state index contributed by atoms with van der Waals surface area (Å²) in [6.07, 6.45) is 6.54. The predicted octanol–water partition coefficient (Wildman–Crippen LogP) is 4.33. The first-order valence-electron chi connectivity index (χ1n) is 9.33. The standard InChI is InChI=1S/C20H26N2O3S2/c1-15-9-11-17(12-10-15)22(2)27(24,25)18-13-14-26-19(18)20(23)21-16-7-5-3-4-6-8-16/h9-14,16H,3-8H2,1-2H3,(H,21,23). The highest BCUT2D eigenvalue weighted by Crippen LogP contribution is 2.28. The molecular formula is C20H26N2O3S2. The SMILES string of the molecule is Cc1ccc(N(C)S(=O)(=O)c2ccsc2C(=O)NC2CCCCCC2)cc1. The Hall–Kier alpha value is -1.86. The van der Waals surface area contributed by atoms with Crippen molar-refractivity contribution >= 4 is 33.0 Å². The van der Waals surface area contributed by atoms with Crippen molar-refractivity contribution in [2.75, 3.05) is 11.4 Å². The van der Waals surface area contributed by atoms with E-state index in [2.05, 4.69) is 5.32 Å². The summed E-state index contributed by atoms with van der Waals surface area (Å²) >= 11 is 1.18. The van der Waals surface area contributed by atoms with Crippen molar-refractivity contribution < 1.29 is 13.2 Å². The van der Waals surface area contributed by atoms with E-state index in [0.717, 1.165) is 31.2 Å². The fourth-order valence-corrected chi connectivity index (χ4v) is 5.88. The van der Waals surface area contributed by atoms with E-state index in [9.17, 15) is 13.2 Å². The molecule has 0 unspecified atom stereocenters. The lowest BCUT2D eigenvalue weighted by atomic mass is 10.1. The van der Waals surface area contributed by atoms with Crippen LogP contribution in [-0.4, -0.2) is 27.4 Å². The number of hydrogen-bond donors (Lipinski definition) is 1. The number of nitrogens with zero attached hydrogens (tertiary/aromatic N) is 1. The van der Waals surface area contributed by atoms with Gasteiger partial charge in [-0.2, -0.15) is 0 Å². The molecule has 1 heterocycles. The second kappa shape index (κ2) is 8.44. The predicted molar refractivity (Wildman–Crippen MR) is 110 cm³/mol. The Bertz CT molecular complexity index is 880. The van der Waals surface area contributed by atoms with E-state index in [1.807, 2.05) is 19.1 Å². The third-order valence-electron chi connectivity index (χ3n) is 5.06. The van der Waals surface area contributed by atoms with Crippen LogP contribution < -0.4 is 9.62 Å². The zero-order valence-corrected chi connectivity index (χ0v) is 17.4. The van der Waals surface area contributed by atoms with Crippen molar-refractivity contribution in [2.24, 2.45) is 0 Å². The van der Waals surface area contributed by atoms with Crippen LogP contribution in [0.3, 0.4) is 0 Å². The Labute approximate surface area is 165 Å². The Kier molecular flexibility index (Phi) is 6.22. The molecular weight excluding hydrogens is 380 g/mol. The summed E-state index contributed by atoms with van der Waals surface area (Å²) in [6, 6.07) is 8.93. The summed E-state index contributed by atoms with van der Waals surface area (Å²) in [4.78, 5) is 13.1. The summed E-state index contributed by atoms with van der Waals surface area (Å²) in [6.45, 7) is 1.95. The Morgan fingerprint density at radius 2 is 1.70 bits per heavy atom. The number of anilines is 1. The monoisotopic (exact) mass is 406 g/mol. The van der Waals surface area contributed by atoms with Gasteiger partial charge in [0.15, 0.2) is 0 Å². The minimum atomic E-state index is -3.80. The lowest BCUT2D eigenvalue weighted by Crippen LogP contribution is -2.35. The highest BCUT2D eigenvalue weighted by Gasteiger charge is 2.29. The summed E-state index contributed by atoms with van der Waals surface area (Å²) < 4.78 is 27.4. The van der Waals surface area contributed by atoms with Gasteiger partial charge >= 0.3 is 0 Å². The van der Waals surface area contributed by atoms with E-state index in [4.69, 9.17) is 0 Å². The third kappa shape index (κ3) is 4.52. The fourth-order valence-electron chi connectivity index (χ4n) is 3.38. The molecule has 0 spiro atoms. The number of sulfonamides is 1. The first-order valence-corrected chi connectivity index (χ1v) is 11.7. The van der Waals surface area contributed by atoms with Crippen LogP contribution in [0.5, 0.6) is 0 Å². The minimum Gasteiger partial charge on any atom is -0.349 e. The molecule has 1 N–H and O–H groups in total. The van der Waals surface area contributed by atoms with Crippen LogP contribution >= 0.6 is 11.3 Å². The molecule has 1 aromatic heterocycles. The first kappa shape index (κ1) is 19.9. The number of carbonyl (C=O) groups excluding carboxylic acids is 1. The number of rotatable bonds is 5. The smallest absolute Gasteiger partial charge is 0.265 e. The number of carbonyl (C=O) groups is 1. The third-order valence-corrected chi connectivity index (χ3v) is 7.93. The van der Waals surface area contributed by atoms with Crippen molar-refractivity contribution in [1.82, 2.24) is 5.32 Å². The molecule has 0 saturated heterocycles. The van der Waals surface area contributed by atoms with Gasteiger partial charge in [0.05, 0.1) is 5.69 Å². The van der Waals surface area contributed by atoms with Gasteiger partial charge in [0.25, 0.3) is 15.9 Å². The van der Waals surface area contributed by atoms with E-state index in [-0.39, 0.29) is 21.7 Å². The van der Waals surface area contributed by atoms with Crippen LogP contribution in [-0.2, 0) is 10.0 Å². The van der Waals surface area contributed by atoms with Gasteiger partial charge in [0.2, 0.25) is 0 Å². The van der Waals surface area contributed by atoms with Crippen LogP contribution in [0.25, 0.3) is 0 Å². The van der Waals surface area contributed by atoms with Gasteiger partial charge in [0.1, 0.15) is 9.77 Å². The maximum absolute atomic E-state index is 13.1. The van der Waals surface area contributed by atoms with E-state index < -0.39 is 10.0 Å². The number of aryl methyl sites for hydroxylation is 1. The lowest BCUT2D eigenvalue weighted by Gasteiger charge is -2.20. The first-order chi connectivity index (χ1) is 12.9. The van der Waals surface area contributed by atoms with E-state index in [0.29, 0.717) is 5.69 Å². The molecule has 0 atom stereocenters. The van der Waals surface area contributed by atoms with Gasteiger partial charge in [-0.3, -0.25) is 9.10 Å². The van der Waals surface area contributed by atoms with E-state index in [1.165, 1.54) is 41.6 Å². The largest absolute Gasteiger partial charge is 0.349 e. The molecule has 7 heteroatoms. The molecule has 1 fully saturated rings. The normalized spacial score (nSPS) is 15.9. The average Bonchev–Trinajstić information content (AvgIpc) is 3.02. The van der Waals surface area contributed by atoms with Gasteiger partial charge < -0.3 is 5.32 Å². The molecule has 0 radical (unpaired) electrons. The molecule has 1 saturated carbocycles. The Balaban J connectivity index is 1.82. The lowest BCUT2D eigenvalue weighted by molar-refractivity contribution is 0.0934. The van der Waals surface area contributed by atoms with Crippen molar-refractivity contribution in [3.05, 3.63) is 46.2 Å².